The lowest BCUT2D eigenvalue weighted by atomic mass is 10.3. The average molecular weight is 365 g/mol. The maximum Gasteiger partial charge on any atom is 0.261 e. The van der Waals surface area contributed by atoms with E-state index in [1.807, 2.05) is 36.5 Å². The predicted molar refractivity (Wildman–Crippen MR) is 98.1 cm³/mol. The summed E-state index contributed by atoms with van der Waals surface area (Å²) in [6.07, 6.45) is 2.98. The van der Waals surface area contributed by atoms with E-state index >= 15 is 0 Å². The van der Waals surface area contributed by atoms with Crippen LogP contribution in [0.1, 0.15) is 12.5 Å². The number of ether oxygens (including phenoxy) is 3. The molecule has 1 aromatic heterocycles. The molecule has 1 aliphatic rings. The maximum atomic E-state index is 12.3. The minimum absolute atomic E-state index is 0.200. The standard InChI is InChI=1S/C20H19N3O4/c1-14(27-17-7-8-18-19(9-17)26-13-25-18)20(24)21-10-15-11-22-23(12-15)16-5-3-2-4-6-16/h2-9,11-12,14H,10,13H2,1H3,(H,21,24)/t14-/m0/s1. The molecule has 1 atom stereocenters. The van der Waals surface area contributed by atoms with Crippen molar-refractivity contribution in [1.29, 1.82) is 0 Å². The van der Waals surface area contributed by atoms with Crippen LogP contribution in [0, 0.1) is 0 Å². The number of rotatable bonds is 6. The van der Waals surface area contributed by atoms with Crippen LogP contribution in [-0.4, -0.2) is 28.6 Å². The summed E-state index contributed by atoms with van der Waals surface area (Å²) in [7, 11) is 0. The van der Waals surface area contributed by atoms with Crippen molar-refractivity contribution in [3.63, 3.8) is 0 Å². The van der Waals surface area contributed by atoms with E-state index in [0.717, 1.165) is 11.3 Å². The summed E-state index contributed by atoms with van der Waals surface area (Å²) >= 11 is 0. The van der Waals surface area contributed by atoms with Crippen LogP contribution in [-0.2, 0) is 11.3 Å². The molecule has 0 bridgehead atoms. The monoisotopic (exact) mass is 365 g/mol. The van der Waals surface area contributed by atoms with Crippen molar-refractivity contribution in [3.05, 3.63) is 66.5 Å². The number of amides is 1. The molecule has 0 aliphatic carbocycles. The topological polar surface area (TPSA) is 74.6 Å². The first-order chi connectivity index (χ1) is 13.2. The molecular formula is C20H19N3O4. The highest BCUT2D eigenvalue weighted by Gasteiger charge is 2.18. The van der Waals surface area contributed by atoms with Gasteiger partial charge in [0, 0.05) is 24.4 Å². The van der Waals surface area contributed by atoms with Gasteiger partial charge in [-0.05, 0) is 31.2 Å². The quantitative estimate of drug-likeness (QED) is 0.727. The van der Waals surface area contributed by atoms with Crippen molar-refractivity contribution in [1.82, 2.24) is 15.1 Å². The van der Waals surface area contributed by atoms with Crippen LogP contribution in [0.5, 0.6) is 17.2 Å². The van der Waals surface area contributed by atoms with Gasteiger partial charge >= 0.3 is 0 Å². The van der Waals surface area contributed by atoms with Gasteiger partial charge in [0.25, 0.3) is 5.91 Å². The van der Waals surface area contributed by atoms with Gasteiger partial charge < -0.3 is 19.5 Å². The Kier molecular flexibility index (Phi) is 4.65. The summed E-state index contributed by atoms with van der Waals surface area (Å²) in [4.78, 5) is 12.3. The molecule has 138 valence electrons. The van der Waals surface area contributed by atoms with E-state index in [1.54, 1.807) is 36.0 Å². The highest BCUT2D eigenvalue weighted by Crippen LogP contribution is 2.35. The Labute approximate surface area is 156 Å². The zero-order valence-corrected chi connectivity index (χ0v) is 14.8. The number of fused-ring (bicyclic) bond motifs is 1. The van der Waals surface area contributed by atoms with Crippen molar-refractivity contribution in [2.24, 2.45) is 0 Å². The Morgan fingerprint density at radius 3 is 2.89 bits per heavy atom. The van der Waals surface area contributed by atoms with E-state index in [9.17, 15) is 4.79 Å². The van der Waals surface area contributed by atoms with Gasteiger partial charge in [-0.1, -0.05) is 18.2 Å². The Hall–Kier alpha value is -3.48. The molecule has 4 rings (SSSR count). The minimum Gasteiger partial charge on any atom is -0.481 e. The van der Waals surface area contributed by atoms with Gasteiger partial charge in [-0.15, -0.1) is 0 Å². The fraction of sp³-hybridized carbons (Fsp3) is 0.200. The average Bonchev–Trinajstić information content (AvgIpc) is 3.35. The van der Waals surface area contributed by atoms with Crippen molar-refractivity contribution in [2.75, 3.05) is 6.79 Å². The highest BCUT2D eigenvalue weighted by atomic mass is 16.7. The van der Waals surface area contributed by atoms with Crippen LogP contribution in [0.3, 0.4) is 0 Å². The normalized spacial score (nSPS) is 13.2. The number of benzene rings is 2. The lowest BCUT2D eigenvalue weighted by Gasteiger charge is -2.14. The molecule has 0 fully saturated rings. The number of hydrogen-bond acceptors (Lipinski definition) is 5. The van der Waals surface area contributed by atoms with Crippen molar-refractivity contribution < 1.29 is 19.0 Å². The van der Waals surface area contributed by atoms with Crippen LogP contribution in [0.25, 0.3) is 5.69 Å². The first-order valence-corrected chi connectivity index (χ1v) is 8.62. The SMILES string of the molecule is C[C@H](Oc1ccc2c(c1)OCO2)C(=O)NCc1cnn(-c2ccccc2)c1. The first-order valence-electron chi connectivity index (χ1n) is 8.62. The van der Waals surface area contributed by atoms with Crippen molar-refractivity contribution >= 4 is 5.91 Å². The number of aromatic nitrogens is 2. The molecule has 1 amide bonds. The van der Waals surface area contributed by atoms with Crippen LogP contribution >= 0.6 is 0 Å². The van der Waals surface area contributed by atoms with Crippen LogP contribution in [0.15, 0.2) is 60.9 Å². The molecule has 0 spiro atoms. The largest absolute Gasteiger partial charge is 0.481 e. The fourth-order valence-electron chi connectivity index (χ4n) is 2.71. The molecule has 1 aliphatic heterocycles. The molecule has 27 heavy (non-hydrogen) atoms. The lowest BCUT2D eigenvalue weighted by Crippen LogP contribution is -2.35. The Morgan fingerprint density at radius 1 is 1.22 bits per heavy atom. The number of nitrogens with one attached hydrogen (secondary N) is 1. The van der Waals surface area contributed by atoms with Crippen molar-refractivity contribution in [2.45, 2.75) is 19.6 Å². The molecule has 3 aromatic rings. The molecule has 0 saturated carbocycles. The Bertz CT molecular complexity index is 939. The second-order valence-corrected chi connectivity index (χ2v) is 6.12. The van der Waals surface area contributed by atoms with E-state index in [2.05, 4.69) is 10.4 Å². The number of hydrogen-bond donors (Lipinski definition) is 1. The molecule has 2 heterocycles. The Morgan fingerprint density at radius 2 is 2.04 bits per heavy atom. The van der Waals surface area contributed by atoms with Gasteiger partial charge in [-0.2, -0.15) is 5.10 Å². The third-order valence-corrected chi connectivity index (χ3v) is 4.15. The van der Waals surface area contributed by atoms with Gasteiger partial charge in [0.15, 0.2) is 17.6 Å². The number of carbonyl (C=O) groups is 1. The molecular weight excluding hydrogens is 346 g/mol. The minimum atomic E-state index is -0.644. The van der Waals surface area contributed by atoms with Gasteiger partial charge in [0.05, 0.1) is 11.9 Å². The summed E-state index contributed by atoms with van der Waals surface area (Å²) in [6.45, 7) is 2.28. The molecule has 7 heteroatoms. The zero-order valence-electron chi connectivity index (χ0n) is 14.8. The van der Waals surface area contributed by atoms with Gasteiger partial charge in [0.2, 0.25) is 6.79 Å². The van der Waals surface area contributed by atoms with Gasteiger partial charge in [-0.3, -0.25) is 4.79 Å². The van der Waals surface area contributed by atoms with Crippen LogP contribution < -0.4 is 19.5 Å². The van der Waals surface area contributed by atoms with E-state index in [0.29, 0.717) is 23.8 Å². The summed E-state index contributed by atoms with van der Waals surface area (Å²) in [5.41, 5.74) is 1.87. The van der Waals surface area contributed by atoms with Crippen LogP contribution in [0.4, 0.5) is 0 Å². The fourth-order valence-corrected chi connectivity index (χ4v) is 2.71. The molecule has 7 nitrogen and oxygen atoms in total. The summed E-state index contributed by atoms with van der Waals surface area (Å²) < 4.78 is 18.0. The molecule has 0 radical (unpaired) electrons. The smallest absolute Gasteiger partial charge is 0.261 e. The van der Waals surface area contributed by atoms with Crippen molar-refractivity contribution in [3.8, 4) is 22.9 Å². The maximum absolute atomic E-state index is 12.3. The molecule has 0 unspecified atom stereocenters. The summed E-state index contributed by atoms with van der Waals surface area (Å²) in [5.74, 6) is 1.64. The number of nitrogens with zero attached hydrogens (tertiary/aromatic N) is 2. The van der Waals surface area contributed by atoms with Crippen LogP contribution in [0.2, 0.25) is 0 Å². The Balaban J connectivity index is 1.32. The molecule has 1 N–H and O–H groups in total. The van der Waals surface area contributed by atoms with Gasteiger partial charge in [-0.25, -0.2) is 4.68 Å². The third kappa shape index (κ3) is 3.87. The third-order valence-electron chi connectivity index (χ3n) is 4.15. The predicted octanol–water partition coefficient (Wildman–Crippen LogP) is 2.68. The first kappa shape index (κ1) is 17.0. The second-order valence-electron chi connectivity index (χ2n) is 6.12. The number of carbonyl (C=O) groups excluding carboxylic acids is 1. The second kappa shape index (κ2) is 7.41. The molecule has 2 aromatic carbocycles. The van der Waals surface area contributed by atoms with E-state index in [-0.39, 0.29) is 12.7 Å². The summed E-state index contributed by atoms with van der Waals surface area (Å²) in [5, 5.41) is 7.18. The van der Waals surface area contributed by atoms with E-state index in [1.165, 1.54) is 0 Å². The van der Waals surface area contributed by atoms with E-state index in [4.69, 9.17) is 14.2 Å². The van der Waals surface area contributed by atoms with Gasteiger partial charge in [0.1, 0.15) is 5.75 Å². The van der Waals surface area contributed by atoms with E-state index < -0.39 is 6.10 Å². The summed E-state index contributed by atoms with van der Waals surface area (Å²) in [6, 6.07) is 15.0. The lowest BCUT2D eigenvalue weighted by molar-refractivity contribution is -0.127. The zero-order chi connectivity index (χ0) is 18.6. The molecule has 0 saturated heterocycles. The highest BCUT2D eigenvalue weighted by molar-refractivity contribution is 5.80. The number of para-hydroxylation sites is 1.